The van der Waals surface area contributed by atoms with Gasteiger partial charge in [0, 0.05) is 22.9 Å². The molecule has 0 fully saturated rings. The van der Waals surface area contributed by atoms with Crippen LogP contribution >= 0.6 is 11.3 Å². The zero-order chi connectivity index (χ0) is 24.9. The van der Waals surface area contributed by atoms with E-state index in [9.17, 15) is 14.0 Å². The maximum absolute atomic E-state index is 14.1. The summed E-state index contributed by atoms with van der Waals surface area (Å²) in [7, 11) is 1.59. The summed E-state index contributed by atoms with van der Waals surface area (Å²) < 4.78 is 19.4. The summed E-state index contributed by atoms with van der Waals surface area (Å²) in [6.45, 7) is 4.09. The number of hydrogen-bond donors (Lipinski definition) is 2. The quantitative estimate of drug-likeness (QED) is 0.361. The van der Waals surface area contributed by atoms with Gasteiger partial charge >= 0.3 is 0 Å². The molecule has 2 aromatic heterocycles. The van der Waals surface area contributed by atoms with E-state index in [-0.39, 0.29) is 27.5 Å². The monoisotopic (exact) mass is 489 g/mol. The zero-order valence-corrected chi connectivity index (χ0v) is 20.4. The van der Waals surface area contributed by atoms with Gasteiger partial charge in [0.05, 0.1) is 24.2 Å². The number of nitrogen functional groups attached to an aromatic ring is 1. The average Bonchev–Trinajstić information content (AvgIpc) is 3.14. The maximum atomic E-state index is 14.1. The topological polar surface area (TPSA) is 94.3 Å². The van der Waals surface area contributed by atoms with Crippen LogP contribution < -0.4 is 15.8 Å². The molecule has 0 aliphatic heterocycles. The lowest BCUT2D eigenvalue weighted by Gasteiger charge is -2.31. The van der Waals surface area contributed by atoms with Crippen molar-refractivity contribution in [2.75, 3.05) is 18.2 Å². The molecule has 8 heteroatoms. The van der Waals surface area contributed by atoms with Crippen LogP contribution in [0.15, 0.2) is 48.5 Å². The number of methoxy groups -OCH3 is 1. The van der Waals surface area contributed by atoms with Crippen LogP contribution in [-0.4, -0.2) is 23.8 Å². The van der Waals surface area contributed by atoms with Gasteiger partial charge in [-0.3, -0.25) is 9.59 Å². The molecular weight excluding hydrogens is 465 g/mol. The lowest BCUT2D eigenvalue weighted by atomic mass is 9.73. The van der Waals surface area contributed by atoms with Gasteiger partial charge in [-0.1, -0.05) is 38.1 Å². The molecule has 0 saturated carbocycles. The Labute approximate surface area is 205 Å². The molecule has 0 bridgehead atoms. The van der Waals surface area contributed by atoms with Crippen molar-refractivity contribution in [1.29, 1.82) is 0 Å². The maximum Gasteiger partial charge on any atom is 0.268 e. The highest BCUT2D eigenvalue weighted by molar-refractivity contribution is 7.21. The molecule has 0 spiro atoms. The van der Waals surface area contributed by atoms with Crippen LogP contribution in [0.1, 0.15) is 46.0 Å². The number of fused-ring (bicyclic) bond motifs is 2. The van der Waals surface area contributed by atoms with Gasteiger partial charge in [0.1, 0.15) is 21.3 Å². The molecule has 4 aromatic rings. The first kappa shape index (κ1) is 23.0. The van der Waals surface area contributed by atoms with Crippen LogP contribution in [0, 0.1) is 11.2 Å². The number of aromatic nitrogens is 1. The fraction of sp³-hybridized carbons (Fsp3) is 0.222. The van der Waals surface area contributed by atoms with Crippen molar-refractivity contribution in [2.24, 2.45) is 5.41 Å². The number of Topliss-reactive ketones (excluding diaryl/α,β-unsaturated/α-hetero) is 1. The molecule has 0 atom stereocenters. The Bertz CT molecular complexity index is 1490. The largest absolute Gasteiger partial charge is 0.497 e. The summed E-state index contributed by atoms with van der Waals surface area (Å²) in [6.07, 6.45) is 1.02. The van der Waals surface area contributed by atoms with E-state index in [1.54, 1.807) is 19.2 Å². The van der Waals surface area contributed by atoms with E-state index in [2.05, 4.69) is 5.32 Å². The Morgan fingerprint density at radius 2 is 1.83 bits per heavy atom. The molecule has 0 saturated heterocycles. The fourth-order valence-corrected chi connectivity index (χ4v) is 5.64. The summed E-state index contributed by atoms with van der Waals surface area (Å²) in [6, 6.07) is 13.3. The molecule has 0 unspecified atom stereocenters. The summed E-state index contributed by atoms with van der Waals surface area (Å²) in [5.74, 6) is -0.384. The van der Waals surface area contributed by atoms with E-state index in [4.69, 9.17) is 15.5 Å². The number of pyridine rings is 1. The van der Waals surface area contributed by atoms with Crippen LogP contribution in [-0.2, 0) is 6.42 Å². The second-order valence-corrected chi connectivity index (χ2v) is 10.4. The van der Waals surface area contributed by atoms with Crippen molar-refractivity contribution in [1.82, 2.24) is 4.98 Å². The highest BCUT2D eigenvalue weighted by Crippen LogP contribution is 2.46. The molecular formula is C27H24FN3O3S. The minimum absolute atomic E-state index is 0.000531. The number of benzene rings is 2. The van der Waals surface area contributed by atoms with E-state index >= 15 is 0 Å². The summed E-state index contributed by atoms with van der Waals surface area (Å²) in [4.78, 5) is 32.1. The van der Waals surface area contributed by atoms with E-state index < -0.39 is 11.7 Å². The predicted molar refractivity (Wildman–Crippen MR) is 137 cm³/mol. The molecule has 6 nitrogen and oxygen atoms in total. The number of nitrogens with zero attached hydrogens (tertiary/aromatic N) is 1. The number of halogens is 1. The zero-order valence-electron chi connectivity index (χ0n) is 19.6. The third kappa shape index (κ3) is 4.04. The number of carbonyl (C=O) groups is 2. The number of para-hydroxylation sites is 1. The van der Waals surface area contributed by atoms with Crippen molar-refractivity contribution >= 4 is 44.6 Å². The van der Waals surface area contributed by atoms with Gasteiger partial charge in [0.2, 0.25) is 0 Å². The normalized spacial score (nSPS) is 14.6. The van der Waals surface area contributed by atoms with Crippen molar-refractivity contribution in [3.05, 3.63) is 70.5 Å². The predicted octanol–water partition coefficient (Wildman–Crippen LogP) is 6.10. The molecule has 5 rings (SSSR count). The molecule has 1 aliphatic rings. The van der Waals surface area contributed by atoms with E-state index in [1.165, 1.54) is 12.1 Å². The van der Waals surface area contributed by atoms with E-state index in [0.717, 1.165) is 16.9 Å². The molecule has 3 N–H and O–H groups in total. The lowest BCUT2D eigenvalue weighted by Crippen LogP contribution is -2.28. The van der Waals surface area contributed by atoms with Gasteiger partial charge in [0.15, 0.2) is 5.78 Å². The van der Waals surface area contributed by atoms with Crippen molar-refractivity contribution in [3.8, 4) is 16.9 Å². The molecule has 0 radical (unpaired) electrons. The number of ether oxygens (including phenoxy) is 1. The Balaban J connectivity index is 1.73. The molecule has 1 amide bonds. The highest BCUT2D eigenvalue weighted by atomic mass is 32.1. The van der Waals surface area contributed by atoms with Gasteiger partial charge in [-0.2, -0.15) is 0 Å². The number of amides is 1. The highest BCUT2D eigenvalue weighted by Gasteiger charge is 2.36. The van der Waals surface area contributed by atoms with Crippen LogP contribution in [0.3, 0.4) is 0 Å². The second kappa shape index (κ2) is 8.46. The van der Waals surface area contributed by atoms with Crippen LogP contribution in [0.2, 0.25) is 0 Å². The Hall–Kier alpha value is -3.78. The summed E-state index contributed by atoms with van der Waals surface area (Å²) in [5, 5.41) is 3.16. The van der Waals surface area contributed by atoms with Gasteiger partial charge in [-0.05, 0) is 41.7 Å². The van der Waals surface area contributed by atoms with Crippen molar-refractivity contribution < 1.29 is 18.7 Å². The fourth-order valence-electron chi connectivity index (χ4n) is 4.62. The smallest absolute Gasteiger partial charge is 0.268 e. The third-order valence-electron chi connectivity index (χ3n) is 6.22. The third-order valence-corrected chi connectivity index (χ3v) is 7.32. The number of rotatable bonds is 4. The Morgan fingerprint density at radius 1 is 1.11 bits per heavy atom. The molecule has 178 valence electrons. The van der Waals surface area contributed by atoms with Gasteiger partial charge < -0.3 is 15.8 Å². The van der Waals surface area contributed by atoms with Crippen molar-refractivity contribution in [3.63, 3.8) is 0 Å². The Morgan fingerprint density at radius 3 is 2.51 bits per heavy atom. The van der Waals surface area contributed by atoms with E-state index in [1.807, 2.05) is 38.1 Å². The minimum Gasteiger partial charge on any atom is -0.497 e. The molecule has 35 heavy (non-hydrogen) atoms. The minimum atomic E-state index is -0.541. The number of hydrogen-bond acceptors (Lipinski definition) is 6. The number of nitrogens with one attached hydrogen (secondary N) is 1. The van der Waals surface area contributed by atoms with Crippen LogP contribution in [0.25, 0.3) is 21.3 Å². The first-order valence-corrected chi connectivity index (χ1v) is 12.0. The molecule has 1 aliphatic carbocycles. The SMILES string of the molecule is COc1ccc(-c2c3c(nc4sc(C(=O)Nc5ccccc5F)c(N)c24)CC(C)(C)CC3=O)cc1. The standard InChI is InChI=1S/C27H24FN3O3S/c1-27(2)12-18-21(19(32)13-27)20(14-8-10-15(34-3)11-9-14)22-23(29)24(35-26(22)31-18)25(33)30-17-7-5-4-6-16(17)28/h4-11H,12-13,29H2,1-3H3,(H,30,33). The first-order chi connectivity index (χ1) is 16.7. The second-order valence-electron chi connectivity index (χ2n) is 9.44. The molecule has 2 aromatic carbocycles. The summed E-state index contributed by atoms with van der Waals surface area (Å²) in [5.41, 5.74) is 9.30. The van der Waals surface area contributed by atoms with Gasteiger partial charge in [-0.15, -0.1) is 11.3 Å². The first-order valence-electron chi connectivity index (χ1n) is 11.2. The molecule has 2 heterocycles. The number of carbonyl (C=O) groups excluding carboxylic acids is 2. The van der Waals surface area contributed by atoms with Gasteiger partial charge in [0.25, 0.3) is 5.91 Å². The van der Waals surface area contributed by atoms with E-state index in [0.29, 0.717) is 45.6 Å². The number of nitrogens with two attached hydrogens (primary N) is 1. The van der Waals surface area contributed by atoms with Crippen LogP contribution in [0.4, 0.5) is 15.8 Å². The van der Waals surface area contributed by atoms with Gasteiger partial charge in [-0.25, -0.2) is 9.37 Å². The average molecular weight is 490 g/mol. The lowest BCUT2D eigenvalue weighted by molar-refractivity contribution is 0.0911. The summed E-state index contributed by atoms with van der Waals surface area (Å²) >= 11 is 1.14. The van der Waals surface area contributed by atoms with Crippen molar-refractivity contribution in [2.45, 2.75) is 26.7 Å². The number of ketones is 1. The Kier molecular flexibility index (Phi) is 5.56. The number of thiophene rings is 1. The van der Waals surface area contributed by atoms with Crippen LogP contribution in [0.5, 0.6) is 5.75 Å². The number of anilines is 2.